The minimum Gasteiger partial charge on any atom is -0.324 e. The van der Waals surface area contributed by atoms with E-state index in [2.05, 4.69) is 60.0 Å². The van der Waals surface area contributed by atoms with E-state index in [0.717, 1.165) is 22.2 Å². The van der Waals surface area contributed by atoms with Crippen LogP contribution in [0.3, 0.4) is 0 Å². The summed E-state index contributed by atoms with van der Waals surface area (Å²) in [5.74, 6) is 0. The SMILES string of the molecule is Cc1ccc(C(N)Cc2ccn(C(C)C)n2)c(Br)c1. The Bertz CT molecular complexity index is 560. The molecule has 0 radical (unpaired) electrons. The second kappa shape index (κ2) is 5.88. The van der Waals surface area contributed by atoms with Gasteiger partial charge in [-0.2, -0.15) is 5.10 Å². The Kier molecular flexibility index (Phi) is 4.42. The van der Waals surface area contributed by atoms with Gasteiger partial charge in [-0.15, -0.1) is 0 Å². The number of nitrogens with two attached hydrogens (primary N) is 1. The Hall–Kier alpha value is -1.13. The number of aromatic nitrogens is 2. The summed E-state index contributed by atoms with van der Waals surface area (Å²) in [6.07, 6.45) is 2.76. The molecule has 2 rings (SSSR count). The lowest BCUT2D eigenvalue weighted by Crippen LogP contribution is -2.15. The van der Waals surface area contributed by atoms with Gasteiger partial charge in [-0.05, 0) is 44.0 Å². The van der Waals surface area contributed by atoms with Crippen LogP contribution < -0.4 is 5.73 Å². The van der Waals surface area contributed by atoms with Crippen molar-refractivity contribution >= 4 is 15.9 Å². The second-order valence-corrected chi connectivity index (χ2v) is 6.07. The van der Waals surface area contributed by atoms with E-state index in [-0.39, 0.29) is 6.04 Å². The predicted molar refractivity (Wildman–Crippen MR) is 82.1 cm³/mol. The molecular formula is C15H20BrN3. The van der Waals surface area contributed by atoms with Crippen molar-refractivity contribution in [3.8, 4) is 0 Å². The average Bonchev–Trinajstić information content (AvgIpc) is 2.77. The summed E-state index contributed by atoms with van der Waals surface area (Å²) in [4.78, 5) is 0. The minimum atomic E-state index is -0.0366. The first-order valence-corrected chi connectivity index (χ1v) is 7.32. The van der Waals surface area contributed by atoms with E-state index in [4.69, 9.17) is 5.73 Å². The Balaban J connectivity index is 2.13. The van der Waals surface area contributed by atoms with E-state index in [0.29, 0.717) is 6.04 Å². The standard InChI is InChI=1S/C15H20BrN3/c1-10(2)19-7-6-12(18-19)9-15(17)13-5-4-11(3)8-14(13)16/h4-8,10,15H,9,17H2,1-3H3. The predicted octanol–water partition coefficient (Wildman–Crippen LogP) is 3.78. The molecule has 0 bridgehead atoms. The number of nitrogens with zero attached hydrogens (tertiary/aromatic N) is 2. The van der Waals surface area contributed by atoms with Gasteiger partial charge in [0.05, 0.1) is 5.69 Å². The lowest BCUT2D eigenvalue weighted by molar-refractivity contribution is 0.522. The summed E-state index contributed by atoms with van der Waals surface area (Å²) in [6.45, 7) is 6.31. The van der Waals surface area contributed by atoms with Gasteiger partial charge in [-0.3, -0.25) is 4.68 Å². The van der Waals surface area contributed by atoms with Crippen molar-refractivity contribution < 1.29 is 0 Å². The van der Waals surface area contributed by atoms with Crippen molar-refractivity contribution in [3.63, 3.8) is 0 Å². The highest BCUT2D eigenvalue weighted by atomic mass is 79.9. The van der Waals surface area contributed by atoms with Crippen LogP contribution in [0.25, 0.3) is 0 Å². The van der Waals surface area contributed by atoms with Crippen molar-refractivity contribution in [1.82, 2.24) is 9.78 Å². The summed E-state index contributed by atoms with van der Waals surface area (Å²) >= 11 is 3.58. The van der Waals surface area contributed by atoms with Crippen molar-refractivity contribution in [2.75, 3.05) is 0 Å². The molecule has 0 aliphatic carbocycles. The second-order valence-electron chi connectivity index (χ2n) is 5.22. The Morgan fingerprint density at radius 3 is 2.63 bits per heavy atom. The first kappa shape index (κ1) is 14.3. The molecule has 0 aliphatic heterocycles. The number of benzene rings is 1. The van der Waals surface area contributed by atoms with Gasteiger partial charge >= 0.3 is 0 Å². The van der Waals surface area contributed by atoms with Gasteiger partial charge in [-0.1, -0.05) is 28.1 Å². The molecule has 0 amide bonds. The third kappa shape index (κ3) is 3.45. The molecule has 0 fully saturated rings. The molecule has 1 unspecified atom stereocenters. The third-order valence-electron chi connectivity index (χ3n) is 3.18. The van der Waals surface area contributed by atoms with Gasteiger partial charge in [0.2, 0.25) is 0 Å². The molecule has 0 saturated carbocycles. The fourth-order valence-electron chi connectivity index (χ4n) is 2.04. The van der Waals surface area contributed by atoms with Gasteiger partial charge < -0.3 is 5.73 Å². The summed E-state index contributed by atoms with van der Waals surface area (Å²) in [5.41, 5.74) is 9.68. The molecular weight excluding hydrogens is 302 g/mol. The van der Waals surface area contributed by atoms with E-state index in [1.165, 1.54) is 5.56 Å². The molecule has 0 aliphatic rings. The van der Waals surface area contributed by atoms with Crippen LogP contribution in [0.4, 0.5) is 0 Å². The van der Waals surface area contributed by atoms with Crippen molar-refractivity contribution in [1.29, 1.82) is 0 Å². The number of aryl methyl sites for hydroxylation is 1. The smallest absolute Gasteiger partial charge is 0.0643 e. The van der Waals surface area contributed by atoms with Crippen molar-refractivity contribution in [3.05, 3.63) is 51.8 Å². The van der Waals surface area contributed by atoms with Crippen LogP contribution in [0, 0.1) is 6.92 Å². The Morgan fingerprint density at radius 2 is 2.05 bits per heavy atom. The summed E-state index contributed by atoms with van der Waals surface area (Å²) in [7, 11) is 0. The highest BCUT2D eigenvalue weighted by molar-refractivity contribution is 9.10. The molecule has 3 nitrogen and oxygen atoms in total. The van der Waals surface area contributed by atoms with Gasteiger partial charge in [-0.25, -0.2) is 0 Å². The molecule has 102 valence electrons. The maximum absolute atomic E-state index is 6.28. The van der Waals surface area contributed by atoms with Gasteiger partial charge in [0, 0.05) is 29.2 Å². The number of hydrogen-bond acceptors (Lipinski definition) is 2. The van der Waals surface area contributed by atoms with Crippen LogP contribution >= 0.6 is 15.9 Å². The Morgan fingerprint density at radius 1 is 1.32 bits per heavy atom. The number of hydrogen-bond donors (Lipinski definition) is 1. The zero-order valence-electron chi connectivity index (χ0n) is 11.6. The van der Waals surface area contributed by atoms with Crippen molar-refractivity contribution in [2.45, 2.75) is 39.3 Å². The van der Waals surface area contributed by atoms with Gasteiger partial charge in [0.15, 0.2) is 0 Å². The molecule has 2 aromatic rings. The van der Waals surface area contributed by atoms with Crippen molar-refractivity contribution in [2.24, 2.45) is 5.73 Å². The van der Waals surface area contributed by atoms with E-state index < -0.39 is 0 Å². The molecule has 1 atom stereocenters. The van der Waals surface area contributed by atoms with E-state index in [1.54, 1.807) is 0 Å². The first-order chi connectivity index (χ1) is 8.97. The maximum Gasteiger partial charge on any atom is 0.0643 e. The molecule has 2 N–H and O–H groups in total. The number of halogens is 1. The first-order valence-electron chi connectivity index (χ1n) is 6.53. The van der Waals surface area contributed by atoms with E-state index in [9.17, 15) is 0 Å². The number of rotatable bonds is 4. The lowest BCUT2D eigenvalue weighted by Gasteiger charge is -2.13. The van der Waals surface area contributed by atoms with Crippen LogP contribution in [-0.4, -0.2) is 9.78 Å². The van der Waals surface area contributed by atoms with Crippen LogP contribution in [0.1, 0.15) is 42.8 Å². The topological polar surface area (TPSA) is 43.8 Å². The quantitative estimate of drug-likeness (QED) is 0.931. The molecule has 0 saturated heterocycles. The largest absolute Gasteiger partial charge is 0.324 e. The summed E-state index contributed by atoms with van der Waals surface area (Å²) in [6, 6.07) is 8.67. The average molecular weight is 322 g/mol. The summed E-state index contributed by atoms with van der Waals surface area (Å²) < 4.78 is 3.04. The molecule has 1 aromatic carbocycles. The van der Waals surface area contributed by atoms with Crippen LogP contribution in [0.15, 0.2) is 34.9 Å². The highest BCUT2D eigenvalue weighted by Crippen LogP contribution is 2.25. The molecule has 4 heteroatoms. The van der Waals surface area contributed by atoms with Gasteiger partial charge in [0.25, 0.3) is 0 Å². The zero-order chi connectivity index (χ0) is 14.0. The zero-order valence-corrected chi connectivity index (χ0v) is 13.2. The molecule has 1 aromatic heterocycles. The summed E-state index contributed by atoms with van der Waals surface area (Å²) in [5, 5.41) is 4.54. The molecule has 19 heavy (non-hydrogen) atoms. The highest BCUT2D eigenvalue weighted by Gasteiger charge is 2.12. The minimum absolute atomic E-state index is 0.0366. The Labute approximate surface area is 122 Å². The van der Waals surface area contributed by atoms with Crippen LogP contribution in [0.2, 0.25) is 0 Å². The molecule has 0 spiro atoms. The fourth-order valence-corrected chi connectivity index (χ4v) is 2.83. The maximum atomic E-state index is 6.28. The third-order valence-corrected chi connectivity index (χ3v) is 3.86. The normalized spacial score (nSPS) is 12.9. The van der Waals surface area contributed by atoms with Crippen LogP contribution in [0.5, 0.6) is 0 Å². The fraction of sp³-hybridized carbons (Fsp3) is 0.400. The molecule has 1 heterocycles. The van der Waals surface area contributed by atoms with Gasteiger partial charge in [0.1, 0.15) is 0 Å². The monoisotopic (exact) mass is 321 g/mol. The van der Waals surface area contributed by atoms with E-state index in [1.807, 2.05) is 16.9 Å². The lowest BCUT2D eigenvalue weighted by atomic mass is 10.0. The van der Waals surface area contributed by atoms with E-state index >= 15 is 0 Å². The van der Waals surface area contributed by atoms with Crippen LogP contribution in [-0.2, 0) is 6.42 Å².